The van der Waals surface area contributed by atoms with Gasteiger partial charge in [0.25, 0.3) is 8.32 Å². The highest BCUT2D eigenvalue weighted by atomic mass is 28.4. The van der Waals surface area contributed by atoms with Crippen LogP contribution in [0.5, 0.6) is 0 Å². The molecule has 0 N–H and O–H groups in total. The number of rotatable bonds is 7. The van der Waals surface area contributed by atoms with Crippen LogP contribution in [-0.4, -0.2) is 26.5 Å². The second kappa shape index (κ2) is 11.6. The highest BCUT2D eigenvalue weighted by Gasteiger charge is 2.52. The van der Waals surface area contributed by atoms with Gasteiger partial charge in [0.05, 0.1) is 12.5 Å². The van der Waals surface area contributed by atoms with E-state index in [0.717, 1.165) is 25.7 Å². The topological polar surface area (TPSA) is 35.5 Å². The minimum atomic E-state index is -2.72. The Morgan fingerprint density at radius 1 is 0.949 bits per heavy atom. The number of hydrogen-bond acceptors (Lipinski definition) is 3. The summed E-state index contributed by atoms with van der Waals surface area (Å²) in [5.41, 5.74) is 1.48. The van der Waals surface area contributed by atoms with E-state index in [1.54, 1.807) is 0 Å². The van der Waals surface area contributed by atoms with Gasteiger partial charge >= 0.3 is 5.97 Å². The average Bonchev–Trinajstić information content (AvgIpc) is 2.91. The van der Waals surface area contributed by atoms with Gasteiger partial charge in [-0.25, -0.2) is 0 Å². The molecule has 1 fully saturated rings. The van der Waals surface area contributed by atoms with Crippen LogP contribution in [0.1, 0.15) is 66.7 Å². The van der Waals surface area contributed by atoms with Crippen molar-refractivity contribution in [1.82, 2.24) is 0 Å². The summed E-state index contributed by atoms with van der Waals surface area (Å²) in [5, 5.41) is 2.39. The van der Waals surface area contributed by atoms with Gasteiger partial charge in [-0.2, -0.15) is 0 Å². The van der Waals surface area contributed by atoms with Crippen LogP contribution in [0.4, 0.5) is 0 Å². The molecule has 0 unspecified atom stereocenters. The lowest BCUT2D eigenvalue weighted by Crippen LogP contribution is -2.68. The fraction of sp³-hybridized carbons (Fsp3) is 0.486. The van der Waals surface area contributed by atoms with E-state index in [4.69, 9.17) is 9.16 Å². The molecule has 2 aromatic rings. The van der Waals surface area contributed by atoms with E-state index in [-0.39, 0.29) is 23.2 Å². The third kappa shape index (κ3) is 5.88. The highest BCUT2D eigenvalue weighted by molar-refractivity contribution is 6.99. The molecule has 5 rings (SSSR count). The molecule has 0 saturated carbocycles. The Morgan fingerprint density at radius 2 is 1.59 bits per heavy atom. The summed E-state index contributed by atoms with van der Waals surface area (Å²) in [4.78, 5) is 13.0. The molecule has 1 radical (unpaired) electrons. The standard InChI is InChI=1S/C35H45O3Si/c1-25-16-20-33-27(22-25)18-17-26(2)32(33)21-19-28-23-29(24-34(36)37-28)38-39(35(3,4)5,30-12-8-6-9-13-30)31-14-10-7-11-15-31/h6-15,17-18,20,22,25-26,28-29,32-33H,16,19,21,23-24H2,1-5H3/t25-,26+,28-,29-,32+,33+/m1/s1. The van der Waals surface area contributed by atoms with E-state index in [0.29, 0.717) is 30.1 Å². The van der Waals surface area contributed by atoms with Gasteiger partial charge in [-0.05, 0) is 70.3 Å². The van der Waals surface area contributed by atoms with Crippen LogP contribution < -0.4 is 10.4 Å². The van der Waals surface area contributed by atoms with Gasteiger partial charge < -0.3 is 9.16 Å². The summed E-state index contributed by atoms with van der Waals surface area (Å²) in [6.07, 6.45) is 13.6. The molecule has 1 heterocycles. The van der Waals surface area contributed by atoms with Crippen molar-refractivity contribution in [3.05, 3.63) is 90.9 Å². The third-order valence-electron chi connectivity index (χ3n) is 9.15. The molecule has 4 heteroatoms. The van der Waals surface area contributed by atoms with E-state index in [2.05, 4.69) is 120 Å². The molecule has 0 bridgehead atoms. The molecule has 2 aliphatic carbocycles. The van der Waals surface area contributed by atoms with Crippen LogP contribution in [0.3, 0.4) is 0 Å². The van der Waals surface area contributed by atoms with Crippen molar-refractivity contribution < 1.29 is 14.0 Å². The van der Waals surface area contributed by atoms with Crippen molar-refractivity contribution in [1.29, 1.82) is 0 Å². The van der Waals surface area contributed by atoms with Crippen LogP contribution in [0, 0.1) is 30.1 Å². The van der Waals surface area contributed by atoms with Crippen molar-refractivity contribution in [3.8, 4) is 0 Å². The zero-order valence-corrected chi connectivity index (χ0v) is 25.3. The van der Waals surface area contributed by atoms with Crippen molar-refractivity contribution in [2.75, 3.05) is 0 Å². The Balaban J connectivity index is 1.37. The van der Waals surface area contributed by atoms with Gasteiger partial charge in [0.1, 0.15) is 6.10 Å². The number of esters is 1. The predicted molar refractivity (Wildman–Crippen MR) is 162 cm³/mol. The second-order valence-corrected chi connectivity index (χ2v) is 17.3. The first kappa shape index (κ1) is 28.1. The third-order valence-corrected chi connectivity index (χ3v) is 14.2. The number of carbonyl (C=O) groups is 1. The number of cyclic esters (lactones) is 1. The first-order chi connectivity index (χ1) is 18.7. The van der Waals surface area contributed by atoms with E-state index < -0.39 is 8.32 Å². The number of fused-ring (bicyclic) bond motifs is 1. The second-order valence-electron chi connectivity index (χ2n) is 13.1. The molecule has 0 amide bonds. The first-order valence-corrected chi connectivity index (χ1v) is 16.8. The molecule has 0 spiro atoms. The molecule has 1 saturated heterocycles. The number of hydrogen-bond donors (Lipinski definition) is 0. The minimum Gasteiger partial charge on any atom is -0.462 e. The monoisotopic (exact) mass is 541 g/mol. The summed E-state index contributed by atoms with van der Waals surface area (Å²) in [7, 11) is -2.72. The normalized spacial score (nSPS) is 29.4. The molecule has 6 atom stereocenters. The number of allylic oxidation sites excluding steroid dienone is 4. The molecule has 3 nitrogen and oxygen atoms in total. The van der Waals surface area contributed by atoms with Gasteiger partial charge in [0.15, 0.2) is 0 Å². The van der Waals surface area contributed by atoms with Gasteiger partial charge in [-0.1, -0.05) is 114 Å². The summed E-state index contributed by atoms with van der Waals surface area (Å²) < 4.78 is 13.3. The lowest BCUT2D eigenvalue weighted by Gasteiger charge is -2.46. The van der Waals surface area contributed by atoms with Gasteiger partial charge in [0, 0.05) is 6.42 Å². The molecule has 207 valence electrons. The largest absolute Gasteiger partial charge is 0.462 e. The summed E-state index contributed by atoms with van der Waals surface area (Å²) in [6, 6.07) is 21.4. The lowest BCUT2D eigenvalue weighted by molar-refractivity contribution is -0.160. The number of ether oxygens (including phenoxy) is 1. The average molecular weight is 542 g/mol. The van der Waals surface area contributed by atoms with Crippen molar-refractivity contribution in [3.63, 3.8) is 0 Å². The van der Waals surface area contributed by atoms with Crippen molar-refractivity contribution >= 4 is 24.7 Å². The van der Waals surface area contributed by atoms with E-state index in [1.165, 1.54) is 15.9 Å². The van der Waals surface area contributed by atoms with E-state index in [1.807, 2.05) is 0 Å². The maximum atomic E-state index is 13.0. The Morgan fingerprint density at radius 3 is 2.21 bits per heavy atom. The zero-order chi connectivity index (χ0) is 27.6. The Labute approximate surface area is 236 Å². The van der Waals surface area contributed by atoms with Crippen molar-refractivity contribution in [2.24, 2.45) is 23.7 Å². The van der Waals surface area contributed by atoms with Gasteiger partial charge in [0.2, 0.25) is 0 Å². The van der Waals surface area contributed by atoms with Gasteiger partial charge in [-0.3, -0.25) is 4.79 Å². The Bertz CT molecular complexity index is 1140. The zero-order valence-electron chi connectivity index (χ0n) is 24.3. The van der Waals surface area contributed by atoms with Crippen LogP contribution >= 0.6 is 0 Å². The molecule has 39 heavy (non-hydrogen) atoms. The Kier molecular flexibility index (Phi) is 8.35. The Hall–Kier alpha value is -2.43. The van der Waals surface area contributed by atoms with Crippen molar-refractivity contribution in [2.45, 2.75) is 84.0 Å². The maximum Gasteiger partial charge on any atom is 0.308 e. The highest BCUT2D eigenvalue weighted by Crippen LogP contribution is 2.44. The summed E-state index contributed by atoms with van der Waals surface area (Å²) >= 11 is 0. The molecular formula is C35H45O3Si. The van der Waals surface area contributed by atoms with Crippen LogP contribution in [0.2, 0.25) is 5.04 Å². The summed E-state index contributed by atoms with van der Waals surface area (Å²) in [6.45, 7) is 11.5. The van der Waals surface area contributed by atoms with E-state index >= 15 is 0 Å². The predicted octanol–water partition coefficient (Wildman–Crippen LogP) is 7.03. The first-order valence-electron chi connectivity index (χ1n) is 14.9. The van der Waals surface area contributed by atoms with E-state index in [9.17, 15) is 4.79 Å². The van der Waals surface area contributed by atoms with Crippen LogP contribution in [0.15, 0.2) is 84.5 Å². The number of carbonyl (C=O) groups excluding carboxylic acids is 1. The molecule has 3 aliphatic rings. The fourth-order valence-electron chi connectivity index (χ4n) is 7.20. The fourth-order valence-corrected chi connectivity index (χ4v) is 11.9. The van der Waals surface area contributed by atoms with Crippen LogP contribution in [0.25, 0.3) is 0 Å². The molecule has 2 aromatic carbocycles. The smallest absolute Gasteiger partial charge is 0.308 e. The minimum absolute atomic E-state index is 0.0949. The van der Waals surface area contributed by atoms with Gasteiger partial charge in [-0.15, -0.1) is 0 Å². The SMILES string of the molecule is C[C@H]1C=C2C=C[C@H](C)[C@H](CC[C@@H]3C[C@@H](O[Si](c4ccccc4)(c4ccccc4)C(C)(C)C)CC(=O)O3)[C@H]2[CH]C1. The molecule has 0 aromatic heterocycles. The maximum absolute atomic E-state index is 13.0. The lowest BCUT2D eigenvalue weighted by atomic mass is 9.66. The summed E-state index contributed by atoms with van der Waals surface area (Å²) in [5.74, 6) is 2.10. The quantitative estimate of drug-likeness (QED) is 0.279. The molecule has 1 aliphatic heterocycles. The number of benzene rings is 2. The van der Waals surface area contributed by atoms with Crippen LogP contribution in [-0.2, 0) is 14.0 Å². The molecular weight excluding hydrogens is 496 g/mol.